The molecule has 0 aliphatic carbocycles. The Kier molecular flexibility index (Phi) is 5.53. The van der Waals surface area contributed by atoms with Crippen LogP contribution in [0.15, 0.2) is 71.8 Å². The van der Waals surface area contributed by atoms with Crippen LogP contribution < -0.4 is 10.2 Å². The van der Waals surface area contributed by atoms with Crippen molar-refractivity contribution in [2.24, 2.45) is 5.10 Å². The number of para-hydroxylation sites is 1. The van der Waals surface area contributed by atoms with Gasteiger partial charge in [0.05, 0.1) is 11.9 Å². The Bertz CT molecular complexity index is 914. The molecule has 0 radical (unpaired) electrons. The lowest BCUT2D eigenvalue weighted by Crippen LogP contribution is -2.02. The SMILES string of the molecule is Fc1ccc(COc2cc(F)ccc2C=NNc2ccccc2)c(F)c1. The average molecular weight is 356 g/mol. The zero-order valence-electron chi connectivity index (χ0n) is 13.6. The number of rotatable bonds is 6. The lowest BCUT2D eigenvalue weighted by molar-refractivity contribution is 0.297. The van der Waals surface area contributed by atoms with E-state index in [1.807, 2.05) is 30.3 Å². The van der Waals surface area contributed by atoms with Crippen LogP contribution in [0.25, 0.3) is 0 Å². The first-order valence-corrected chi connectivity index (χ1v) is 7.82. The highest BCUT2D eigenvalue weighted by Crippen LogP contribution is 2.21. The summed E-state index contributed by atoms with van der Waals surface area (Å²) >= 11 is 0. The molecule has 0 fully saturated rings. The van der Waals surface area contributed by atoms with E-state index < -0.39 is 17.5 Å². The van der Waals surface area contributed by atoms with Gasteiger partial charge in [0, 0.05) is 23.3 Å². The molecular weight excluding hydrogens is 341 g/mol. The van der Waals surface area contributed by atoms with Gasteiger partial charge in [0.2, 0.25) is 0 Å². The number of halogens is 3. The number of hydrogen-bond donors (Lipinski definition) is 1. The van der Waals surface area contributed by atoms with Gasteiger partial charge in [0.1, 0.15) is 29.8 Å². The van der Waals surface area contributed by atoms with E-state index >= 15 is 0 Å². The molecule has 0 saturated heterocycles. The maximum absolute atomic E-state index is 13.7. The molecule has 0 atom stereocenters. The quantitative estimate of drug-likeness (QED) is 0.491. The van der Waals surface area contributed by atoms with Crippen molar-refractivity contribution in [2.75, 3.05) is 5.43 Å². The smallest absolute Gasteiger partial charge is 0.132 e. The van der Waals surface area contributed by atoms with Gasteiger partial charge in [0.25, 0.3) is 0 Å². The van der Waals surface area contributed by atoms with E-state index in [4.69, 9.17) is 4.74 Å². The molecule has 1 N–H and O–H groups in total. The van der Waals surface area contributed by atoms with Gasteiger partial charge >= 0.3 is 0 Å². The zero-order valence-corrected chi connectivity index (χ0v) is 13.6. The van der Waals surface area contributed by atoms with Crippen LogP contribution in [0.5, 0.6) is 5.75 Å². The van der Waals surface area contributed by atoms with Crippen molar-refractivity contribution >= 4 is 11.9 Å². The predicted molar refractivity (Wildman–Crippen MR) is 94.7 cm³/mol. The fraction of sp³-hybridized carbons (Fsp3) is 0.0500. The van der Waals surface area contributed by atoms with E-state index in [1.54, 1.807) is 0 Å². The number of hydrogen-bond acceptors (Lipinski definition) is 3. The van der Waals surface area contributed by atoms with Crippen molar-refractivity contribution in [1.82, 2.24) is 0 Å². The van der Waals surface area contributed by atoms with Crippen molar-refractivity contribution in [2.45, 2.75) is 6.61 Å². The second-order valence-corrected chi connectivity index (χ2v) is 5.44. The maximum atomic E-state index is 13.7. The van der Waals surface area contributed by atoms with E-state index in [1.165, 1.54) is 30.5 Å². The Hall–Kier alpha value is -3.28. The van der Waals surface area contributed by atoms with Crippen molar-refractivity contribution in [3.05, 3.63) is 95.3 Å². The monoisotopic (exact) mass is 356 g/mol. The first kappa shape index (κ1) is 17.5. The Labute approximate surface area is 148 Å². The summed E-state index contributed by atoms with van der Waals surface area (Å²) in [6.07, 6.45) is 1.47. The Balaban J connectivity index is 1.73. The minimum atomic E-state index is -0.720. The van der Waals surface area contributed by atoms with Crippen LogP contribution in [0.3, 0.4) is 0 Å². The fourth-order valence-electron chi connectivity index (χ4n) is 2.22. The summed E-state index contributed by atoms with van der Waals surface area (Å²) in [5, 5.41) is 4.09. The van der Waals surface area contributed by atoms with E-state index in [-0.39, 0.29) is 17.9 Å². The highest BCUT2D eigenvalue weighted by Gasteiger charge is 2.08. The zero-order chi connectivity index (χ0) is 18.4. The minimum absolute atomic E-state index is 0.164. The van der Waals surface area contributed by atoms with E-state index in [0.717, 1.165) is 17.8 Å². The molecule has 0 heterocycles. The molecule has 0 aromatic heterocycles. The maximum Gasteiger partial charge on any atom is 0.132 e. The minimum Gasteiger partial charge on any atom is -0.488 e. The summed E-state index contributed by atoms with van der Waals surface area (Å²) in [5.74, 6) is -1.68. The molecule has 3 aromatic rings. The lowest BCUT2D eigenvalue weighted by atomic mass is 10.2. The lowest BCUT2D eigenvalue weighted by Gasteiger charge is -2.10. The van der Waals surface area contributed by atoms with Crippen LogP contribution in [0.4, 0.5) is 18.9 Å². The molecule has 0 unspecified atom stereocenters. The second-order valence-electron chi connectivity index (χ2n) is 5.44. The number of nitrogens with zero attached hydrogens (tertiary/aromatic N) is 1. The molecule has 3 nitrogen and oxygen atoms in total. The summed E-state index contributed by atoms with van der Waals surface area (Å²) in [6, 6.07) is 16.5. The molecule has 0 bridgehead atoms. The first-order valence-electron chi connectivity index (χ1n) is 7.82. The summed E-state index contributed by atoms with van der Waals surface area (Å²) in [6.45, 7) is -0.164. The molecule has 132 valence electrons. The highest BCUT2D eigenvalue weighted by molar-refractivity contribution is 5.84. The predicted octanol–water partition coefficient (Wildman–Crippen LogP) is 5.13. The van der Waals surface area contributed by atoms with E-state index in [9.17, 15) is 13.2 Å². The second kappa shape index (κ2) is 8.20. The molecule has 0 saturated carbocycles. The summed E-state index contributed by atoms with van der Waals surface area (Å²) in [4.78, 5) is 0. The van der Waals surface area contributed by atoms with Crippen LogP contribution in [0, 0.1) is 17.5 Å². The number of nitrogens with one attached hydrogen (secondary N) is 1. The molecule has 0 amide bonds. The average Bonchev–Trinajstić information content (AvgIpc) is 2.63. The van der Waals surface area contributed by atoms with Crippen molar-refractivity contribution in [1.29, 1.82) is 0 Å². The van der Waals surface area contributed by atoms with Crippen molar-refractivity contribution < 1.29 is 17.9 Å². The van der Waals surface area contributed by atoms with Crippen LogP contribution in [0.2, 0.25) is 0 Å². The van der Waals surface area contributed by atoms with Gasteiger partial charge in [-0.1, -0.05) is 18.2 Å². The fourth-order valence-corrected chi connectivity index (χ4v) is 2.22. The molecule has 6 heteroatoms. The number of ether oxygens (including phenoxy) is 1. The molecular formula is C20H15F3N2O. The van der Waals surface area contributed by atoms with Crippen molar-refractivity contribution in [3.8, 4) is 5.75 Å². The summed E-state index contributed by atoms with van der Waals surface area (Å²) < 4.78 is 45.7. The third kappa shape index (κ3) is 4.63. The number of benzene rings is 3. The van der Waals surface area contributed by atoms with Crippen LogP contribution in [-0.4, -0.2) is 6.21 Å². The van der Waals surface area contributed by atoms with Gasteiger partial charge in [-0.2, -0.15) is 5.10 Å². The third-order valence-electron chi connectivity index (χ3n) is 3.54. The van der Waals surface area contributed by atoms with E-state index in [2.05, 4.69) is 10.5 Å². The molecule has 3 rings (SSSR count). The van der Waals surface area contributed by atoms with E-state index in [0.29, 0.717) is 5.56 Å². The van der Waals surface area contributed by atoms with Crippen molar-refractivity contribution in [3.63, 3.8) is 0 Å². The van der Waals surface area contributed by atoms with Gasteiger partial charge in [-0.15, -0.1) is 0 Å². The highest BCUT2D eigenvalue weighted by atomic mass is 19.1. The molecule has 3 aromatic carbocycles. The van der Waals surface area contributed by atoms with Gasteiger partial charge in [-0.05, 0) is 36.4 Å². The molecule has 0 aliphatic rings. The van der Waals surface area contributed by atoms with Crippen LogP contribution >= 0.6 is 0 Å². The Morgan fingerprint density at radius 1 is 0.885 bits per heavy atom. The Morgan fingerprint density at radius 3 is 2.38 bits per heavy atom. The topological polar surface area (TPSA) is 33.6 Å². The first-order chi connectivity index (χ1) is 12.6. The molecule has 0 spiro atoms. The third-order valence-corrected chi connectivity index (χ3v) is 3.54. The van der Waals surface area contributed by atoms with Gasteiger partial charge in [0.15, 0.2) is 0 Å². The number of hydrazone groups is 1. The standard InChI is InChI=1S/C20H15F3N2O/c21-16-9-7-15(19(23)10-16)13-26-20-11-17(22)8-6-14(20)12-24-25-18-4-2-1-3-5-18/h1-12,25H,13H2. The summed E-state index contributed by atoms with van der Waals surface area (Å²) in [5.41, 5.74) is 4.31. The summed E-state index contributed by atoms with van der Waals surface area (Å²) in [7, 11) is 0. The van der Waals surface area contributed by atoms with Crippen LogP contribution in [0.1, 0.15) is 11.1 Å². The molecule has 26 heavy (non-hydrogen) atoms. The number of anilines is 1. The largest absolute Gasteiger partial charge is 0.488 e. The van der Waals surface area contributed by atoms with Crippen LogP contribution in [-0.2, 0) is 6.61 Å². The van der Waals surface area contributed by atoms with Gasteiger partial charge < -0.3 is 4.74 Å². The van der Waals surface area contributed by atoms with Gasteiger partial charge in [-0.25, -0.2) is 13.2 Å². The van der Waals surface area contributed by atoms with Gasteiger partial charge in [-0.3, -0.25) is 5.43 Å². The molecule has 0 aliphatic heterocycles. The Morgan fingerprint density at radius 2 is 1.62 bits per heavy atom. The normalized spacial score (nSPS) is 10.9.